The summed E-state index contributed by atoms with van der Waals surface area (Å²) in [4.78, 5) is 11.9. The highest BCUT2D eigenvalue weighted by molar-refractivity contribution is 5.94. The van der Waals surface area contributed by atoms with Gasteiger partial charge in [-0.25, -0.2) is 0 Å². The van der Waals surface area contributed by atoms with E-state index in [0.717, 1.165) is 6.54 Å². The third-order valence-electron chi connectivity index (χ3n) is 2.45. The molecule has 0 aromatic heterocycles. The van der Waals surface area contributed by atoms with Gasteiger partial charge in [0.2, 0.25) is 0 Å². The Balaban J connectivity index is 2.78. The van der Waals surface area contributed by atoms with Crippen molar-refractivity contribution in [2.45, 2.75) is 20.0 Å². The van der Waals surface area contributed by atoms with Crippen LogP contribution >= 0.6 is 0 Å². The molecule has 0 radical (unpaired) electrons. The first-order valence-corrected chi connectivity index (χ1v) is 6.36. The van der Waals surface area contributed by atoms with Crippen molar-refractivity contribution < 1.29 is 14.3 Å². The molecule has 0 aliphatic heterocycles. The quantitative estimate of drug-likeness (QED) is 0.733. The smallest absolute Gasteiger partial charge is 0.251 e. The molecule has 0 saturated heterocycles. The number of amides is 1. The Bertz CT molecular complexity index is 419. The SMILES string of the molecule is CNCCNC(=O)c1ccc(OC(C)C)c(OC)c1. The summed E-state index contributed by atoms with van der Waals surface area (Å²) in [6, 6.07) is 5.17. The van der Waals surface area contributed by atoms with Crippen LogP contribution in [-0.2, 0) is 0 Å². The van der Waals surface area contributed by atoms with Gasteiger partial charge >= 0.3 is 0 Å². The zero-order chi connectivity index (χ0) is 14.3. The normalized spacial score (nSPS) is 10.4. The third kappa shape index (κ3) is 4.79. The van der Waals surface area contributed by atoms with Crippen LogP contribution in [0.5, 0.6) is 11.5 Å². The second-order valence-corrected chi connectivity index (χ2v) is 4.39. The molecule has 19 heavy (non-hydrogen) atoms. The van der Waals surface area contributed by atoms with E-state index >= 15 is 0 Å². The van der Waals surface area contributed by atoms with Crippen molar-refractivity contribution in [2.24, 2.45) is 0 Å². The van der Waals surface area contributed by atoms with E-state index in [1.807, 2.05) is 20.9 Å². The number of carbonyl (C=O) groups is 1. The molecule has 1 aromatic rings. The van der Waals surface area contributed by atoms with Crippen LogP contribution in [0.1, 0.15) is 24.2 Å². The fourth-order valence-electron chi connectivity index (χ4n) is 1.56. The molecule has 0 heterocycles. The largest absolute Gasteiger partial charge is 0.493 e. The van der Waals surface area contributed by atoms with Gasteiger partial charge in [-0.15, -0.1) is 0 Å². The Kier molecular flexibility index (Phi) is 6.15. The molecule has 0 unspecified atom stereocenters. The molecule has 1 aromatic carbocycles. The highest BCUT2D eigenvalue weighted by Crippen LogP contribution is 2.28. The maximum atomic E-state index is 11.9. The van der Waals surface area contributed by atoms with Gasteiger partial charge in [0, 0.05) is 18.7 Å². The zero-order valence-electron chi connectivity index (χ0n) is 11.9. The molecule has 0 atom stereocenters. The number of methoxy groups -OCH3 is 1. The predicted octanol–water partition coefficient (Wildman–Crippen LogP) is 1.43. The average molecular weight is 266 g/mol. The summed E-state index contributed by atoms with van der Waals surface area (Å²) < 4.78 is 10.8. The van der Waals surface area contributed by atoms with E-state index in [4.69, 9.17) is 9.47 Å². The van der Waals surface area contributed by atoms with Crippen LogP contribution in [0.15, 0.2) is 18.2 Å². The summed E-state index contributed by atoms with van der Waals surface area (Å²) in [6.07, 6.45) is 0.0594. The lowest BCUT2D eigenvalue weighted by Crippen LogP contribution is -2.30. The van der Waals surface area contributed by atoms with Gasteiger partial charge in [0.25, 0.3) is 5.91 Å². The van der Waals surface area contributed by atoms with Gasteiger partial charge in [-0.05, 0) is 39.1 Å². The van der Waals surface area contributed by atoms with Crippen LogP contribution in [0.4, 0.5) is 0 Å². The Hall–Kier alpha value is -1.75. The monoisotopic (exact) mass is 266 g/mol. The van der Waals surface area contributed by atoms with E-state index in [1.54, 1.807) is 25.3 Å². The minimum atomic E-state index is -0.121. The second-order valence-electron chi connectivity index (χ2n) is 4.39. The first-order valence-electron chi connectivity index (χ1n) is 6.36. The number of likely N-dealkylation sites (N-methyl/N-ethyl adjacent to an activating group) is 1. The summed E-state index contributed by atoms with van der Waals surface area (Å²) in [6.45, 7) is 5.20. The summed E-state index contributed by atoms with van der Waals surface area (Å²) in [5.41, 5.74) is 0.559. The average Bonchev–Trinajstić information content (AvgIpc) is 2.38. The molecule has 0 aliphatic rings. The number of hydrogen-bond acceptors (Lipinski definition) is 4. The molecule has 5 nitrogen and oxygen atoms in total. The van der Waals surface area contributed by atoms with Crippen molar-refractivity contribution in [3.63, 3.8) is 0 Å². The molecule has 0 aliphatic carbocycles. The van der Waals surface area contributed by atoms with Crippen LogP contribution in [0.3, 0.4) is 0 Å². The molecular formula is C14H22N2O3. The van der Waals surface area contributed by atoms with E-state index in [0.29, 0.717) is 23.6 Å². The Morgan fingerprint density at radius 1 is 1.26 bits per heavy atom. The number of carbonyl (C=O) groups excluding carboxylic acids is 1. The van der Waals surface area contributed by atoms with Gasteiger partial charge in [-0.3, -0.25) is 4.79 Å². The van der Waals surface area contributed by atoms with Gasteiger partial charge in [-0.2, -0.15) is 0 Å². The number of hydrogen-bond donors (Lipinski definition) is 2. The van der Waals surface area contributed by atoms with E-state index < -0.39 is 0 Å². The first-order chi connectivity index (χ1) is 9.08. The van der Waals surface area contributed by atoms with Crippen molar-refractivity contribution in [1.82, 2.24) is 10.6 Å². The Labute approximate surface area is 114 Å². The molecule has 0 saturated carbocycles. The van der Waals surface area contributed by atoms with Crippen LogP contribution in [0.25, 0.3) is 0 Å². The van der Waals surface area contributed by atoms with Gasteiger partial charge in [0.15, 0.2) is 11.5 Å². The minimum Gasteiger partial charge on any atom is -0.493 e. The van der Waals surface area contributed by atoms with Gasteiger partial charge in [-0.1, -0.05) is 0 Å². The van der Waals surface area contributed by atoms with Crippen molar-refractivity contribution in [3.05, 3.63) is 23.8 Å². The first kappa shape index (κ1) is 15.3. The van der Waals surface area contributed by atoms with Gasteiger partial charge in [0.1, 0.15) is 0 Å². The molecule has 5 heteroatoms. The van der Waals surface area contributed by atoms with E-state index in [-0.39, 0.29) is 12.0 Å². The lowest BCUT2D eigenvalue weighted by molar-refractivity contribution is 0.0953. The van der Waals surface area contributed by atoms with Crippen LogP contribution in [0.2, 0.25) is 0 Å². The van der Waals surface area contributed by atoms with Crippen molar-refractivity contribution in [2.75, 3.05) is 27.2 Å². The van der Waals surface area contributed by atoms with Crippen LogP contribution < -0.4 is 20.1 Å². The summed E-state index contributed by atoms with van der Waals surface area (Å²) in [5.74, 6) is 1.09. The van der Waals surface area contributed by atoms with E-state index in [9.17, 15) is 4.79 Å². The fraction of sp³-hybridized carbons (Fsp3) is 0.500. The van der Waals surface area contributed by atoms with Crippen LogP contribution in [0, 0.1) is 0 Å². The van der Waals surface area contributed by atoms with Crippen LogP contribution in [-0.4, -0.2) is 39.3 Å². The predicted molar refractivity (Wildman–Crippen MR) is 75.0 cm³/mol. The van der Waals surface area contributed by atoms with Crippen molar-refractivity contribution >= 4 is 5.91 Å². The lowest BCUT2D eigenvalue weighted by atomic mass is 10.2. The standard InChI is InChI=1S/C14H22N2O3/c1-10(2)19-12-6-5-11(9-13(12)18-4)14(17)16-8-7-15-3/h5-6,9-10,15H,7-8H2,1-4H3,(H,16,17). The molecule has 0 fully saturated rings. The maximum absolute atomic E-state index is 11.9. The number of nitrogens with one attached hydrogen (secondary N) is 2. The Morgan fingerprint density at radius 3 is 2.58 bits per heavy atom. The number of ether oxygens (including phenoxy) is 2. The second kappa shape index (κ2) is 7.63. The third-order valence-corrected chi connectivity index (χ3v) is 2.45. The van der Waals surface area contributed by atoms with Crippen molar-refractivity contribution in [1.29, 1.82) is 0 Å². The summed E-state index contributed by atoms with van der Waals surface area (Å²) in [7, 11) is 3.40. The highest BCUT2D eigenvalue weighted by atomic mass is 16.5. The number of benzene rings is 1. The molecule has 1 rings (SSSR count). The topological polar surface area (TPSA) is 59.6 Å². The molecule has 0 spiro atoms. The molecule has 0 bridgehead atoms. The van der Waals surface area contributed by atoms with Gasteiger partial charge < -0.3 is 20.1 Å². The fourth-order valence-corrected chi connectivity index (χ4v) is 1.56. The summed E-state index contributed by atoms with van der Waals surface area (Å²) >= 11 is 0. The molecule has 1 amide bonds. The number of rotatable bonds is 7. The Morgan fingerprint density at radius 2 is 2.00 bits per heavy atom. The maximum Gasteiger partial charge on any atom is 0.251 e. The summed E-state index contributed by atoms with van der Waals surface area (Å²) in [5, 5.41) is 5.78. The molecule has 106 valence electrons. The lowest BCUT2D eigenvalue weighted by Gasteiger charge is -2.14. The van der Waals surface area contributed by atoms with Gasteiger partial charge in [0.05, 0.1) is 13.2 Å². The van der Waals surface area contributed by atoms with E-state index in [2.05, 4.69) is 10.6 Å². The molecule has 2 N–H and O–H groups in total. The minimum absolute atomic E-state index is 0.0594. The van der Waals surface area contributed by atoms with E-state index in [1.165, 1.54) is 0 Å². The zero-order valence-corrected chi connectivity index (χ0v) is 11.9. The molecular weight excluding hydrogens is 244 g/mol. The highest BCUT2D eigenvalue weighted by Gasteiger charge is 2.11. The van der Waals surface area contributed by atoms with Crippen molar-refractivity contribution in [3.8, 4) is 11.5 Å².